The van der Waals surface area contributed by atoms with E-state index in [1.807, 2.05) is 12.1 Å². The van der Waals surface area contributed by atoms with Crippen LogP contribution in [0.5, 0.6) is 0 Å². The zero-order valence-corrected chi connectivity index (χ0v) is 12.8. The SMILES string of the molecule is NC(C(=O)Nc1ccc(N2CCCC2)nc1)C1CCOCC1. The van der Waals surface area contributed by atoms with Gasteiger partial charge in [0.25, 0.3) is 0 Å². The molecule has 2 aliphatic rings. The lowest BCUT2D eigenvalue weighted by molar-refractivity contribution is -0.119. The predicted molar refractivity (Wildman–Crippen MR) is 85.8 cm³/mol. The molecule has 6 heteroatoms. The third-order valence-corrected chi connectivity index (χ3v) is 4.52. The van der Waals surface area contributed by atoms with Gasteiger partial charge in [-0.2, -0.15) is 0 Å². The highest BCUT2D eigenvalue weighted by atomic mass is 16.5. The van der Waals surface area contributed by atoms with Crippen molar-refractivity contribution in [2.75, 3.05) is 36.5 Å². The molecule has 3 N–H and O–H groups in total. The van der Waals surface area contributed by atoms with Crippen molar-refractivity contribution < 1.29 is 9.53 Å². The van der Waals surface area contributed by atoms with Crippen LogP contribution in [0.3, 0.4) is 0 Å². The van der Waals surface area contributed by atoms with E-state index in [1.165, 1.54) is 12.8 Å². The maximum atomic E-state index is 12.2. The number of nitrogens with two attached hydrogens (primary N) is 1. The number of carbonyl (C=O) groups is 1. The van der Waals surface area contributed by atoms with Gasteiger partial charge in [0.2, 0.25) is 5.91 Å². The van der Waals surface area contributed by atoms with Crippen LogP contribution in [0, 0.1) is 5.92 Å². The molecule has 0 radical (unpaired) electrons. The van der Waals surface area contributed by atoms with E-state index in [1.54, 1.807) is 6.20 Å². The highest BCUT2D eigenvalue weighted by Gasteiger charge is 2.26. The molecule has 0 aromatic carbocycles. The molecule has 2 fully saturated rings. The molecule has 2 saturated heterocycles. The second-order valence-electron chi connectivity index (χ2n) is 6.06. The number of nitrogens with one attached hydrogen (secondary N) is 1. The summed E-state index contributed by atoms with van der Waals surface area (Å²) < 4.78 is 5.31. The molecule has 3 heterocycles. The van der Waals surface area contributed by atoms with Crippen LogP contribution >= 0.6 is 0 Å². The number of rotatable bonds is 4. The number of nitrogens with zero attached hydrogens (tertiary/aromatic N) is 2. The molecule has 120 valence electrons. The summed E-state index contributed by atoms with van der Waals surface area (Å²) in [6.45, 7) is 3.51. The van der Waals surface area contributed by atoms with Crippen molar-refractivity contribution in [3.8, 4) is 0 Å². The van der Waals surface area contributed by atoms with Crippen LogP contribution in [0.4, 0.5) is 11.5 Å². The minimum Gasteiger partial charge on any atom is -0.381 e. The minimum absolute atomic E-state index is 0.136. The molecule has 1 amide bonds. The van der Waals surface area contributed by atoms with Crippen molar-refractivity contribution in [2.24, 2.45) is 11.7 Å². The Balaban J connectivity index is 1.56. The predicted octanol–water partition coefficient (Wildman–Crippen LogP) is 1.37. The number of anilines is 2. The maximum Gasteiger partial charge on any atom is 0.241 e. The average Bonchev–Trinajstić information content (AvgIpc) is 3.10. The van der Waals surface area contributed by atoms with E-state index in [9.17, 15) is 4.79 Å². The Morgan fingerprint density at radius 2 is 2.05 bits per heavy atom. The molecule has 3 rings (SSSR count). The Hall–Kier alpha value is -1.66. The minimum atomic E-state index is -0.484. The summed E-state index contributed by atoms with van der Waals surface area (Å²) >= 11 is 0. The number of hydrogen-bond donors (Lipinski definition) is 2. The van der Waals surface area contributed by atoms with E-state index in [2.05, 4.69) is 15.2 Å². The molecule has 1 unspecified atom stereocenters. The zero-order chi connectivity index (χ0) is 15.4. The summed E-state index contributed by atoms with van der Waals surface area (Å²) in [7, 11) is 0. The van der Waals surface area contributed by atoms with Crippen LogP contribution in [-0.2, 0) is 9.53 Å². The normalized spacial score (nSPS) is 20.9. The highest BCUT2D eigenvalue weighted by molar-refractivity contribution is 5.94. The first-order valence-corrected chi connectivity index (χ1v) is 8.09. The van der Waals surface area contributed by atoms with Gasteiger partial charge in [-0.25, -0.2) is 4.98 Å². The Morgan fingerprint density at radius 1 is 1.32 bits per heavy atom. The number of aromatic nitrogens is 1. The van der Waals surface area contributed by atoms with Gasteiger partial charge in [-0.05, 0) is 43.7 Å². The van der Waals surface area contributed by atoms with Crippen LogP contribution in [0.25, 0.3) is 0 Å². The van der Waals surface area contributed by atoms with E-state index in [-0.39, 0.29) is 11.8 Å². The summed E-state index contributed by atoms with van der Waals surface area (Å²) in [6.07, 6.45) is 5.85. The average molecular weight is 304 g/mol. The number of carbonyl (C=O) groups excluding carboxylic acids is 1. The van der Waals surface area contributed by atoms with E-state index in [0.717, 1.165) is 31.7 Å². The lowest BCUT2D eigenvalue weighted by Crippen LogP contribution is -2.44. The lowest BCUT2D eigenvalue weighted by atomic mass is 9.92. The summed E-state index contributed by atoms with van der Waals surface area (Å²) in [5.74, 6) is 1.04. The smallest absolute Gasteiger partial charge is 0.241 e. The van der Waals surface area contributed by atoms with Gasteiger partial charge in [-0.3, -0.25) is 4.79 Å². The van der Waals surface area contributed by atoms with Crippen molar-refractivity contribution >= 4 is 17.4 Å². The Kier molecular flexibility index (Phi) is 4.90. The van der Waals surface area contributed by atoms with Gasteiger partial charge in [0, 0.05) is 26.3 Å². The maximum absolute atomic E-state index is 12.2. The number of ether oxygens (including phenoxy) is 1. The molecule has 6 nitrogen and oxygen atoms in total. The first-order chi connectivity index (χ1) is 10.7. The van der Waals surface area contributed by atoms with Gasteiger partial charge < -0.3 is 20.7 Å². The molecule has 0 aliphatic carbocycles. The number of pyridine rings is 1. The topological polar surface area (TPSA) is 80.5 Å². The van der Waals surface area contributed by atoms with Crippen molar-refractivity contribution in [3.63, 3.8) is 0 Å². The largest absolute Gasteiger partial charge is 0.381 e. The molecule has 2 aliphatic heterocycles. The first-order valence-electron chi connectivity index (χ1n) is 8.09. The zero-order valence-electron chi connectivity index (χ0n) is 12.8. The van der Waals surface area contributed by atoms with Crippen molar-refractivity contribution in [1.29, 1.82) is 0 Å². The van der Waals surface area contributed by atoms with Crippen LogP contribution in [-0.4, -0.2) is 43.2 Å². The molecule has 0 bridgehead atoms. The van der Waals surface area contributed by atoms with Crippen LogP contribution < -0.4 is 16.0 Å². The van der Waals surface area contributed by atoms with E-state index >= 15 is 0 Å². The summed E-state index contributed by atoms with van der Waals surface area (Å²) in [4.78, 5) is 18.9. The van der Waals surface area contributed by atoms with E-state index in [4.69, 9.17) is 10.5 Å². The van der Waals surface area contributed by atoms with Gasteiger partial charge in [-0.1, -0.05) is 0 Å². The molecular weight excluding hydrogens is 280 g/mol. The van der Waals surface area contributed by atoms with Gasteiger partial charge in [-0.15, -0.1) is 0 Å². The fourth-order valence-electron chi connectivity index (χ4n) is 3.11. The third-order valence-electron chi connectivity index (χ3n) is 4.52. The van der Waals surface area contributed by atoms with Crippen LogP contribution in [0.15, 0.2) is 18.3 Å². The van der Waals surface area contributed by atoms with Gasteiger partial charge in [0.05, 0.1) is 17.9 Å². The van der Waals surface area contributed by atoms with Crippen molar-refractivity contribution in [3.05, 3.63) is 18.3 Å². The number of hydrogen-bond acceptors (Lipinski definition) is 5. The fraction of sp³-hybridized carbons (Fsp3) is 0.625. The summed E-state index contributed by atoms with van der Waals surface area (Å²) in [5.41, 5.74) is 6.78. The molecule has 1 aromatic rings. The van der Waals surface area contributed by atoms with E-state index < -0.39 is 6.04 Å². The Morgan fingerprint density at radius 3 is 2.68 bits per heavy atom. The molecule has 22 heavy (non-hydrogen) atoms. The first kappa shape index (κ1) is 15.2. The number of amides is 1. The second kappa shape index (κ2) is 7.07. The molecular formula is C16H24N4O2. The fourth-order valence-corrected chi connectivity index (χ4v) is 3.11. The van der Waals surface area contributed by atoms with E-state index in [0.29, 0.717) is 18.9 Å². The molecule has 1 atom stereocenters. The standard InChI is InChI=1S/C16H24N4O2/c17-15(12-5-9-22-10-6-12)16(21)19-13-3-4-14(18-11-13)20-7-1-2-8-20/h3-4,11-12,15H,1-2,5-10,17H2,(H,19,21). The Labute approximate surface area is 131 Å². The second-order valence-corrected chi connectivity index (χ2v) is 6.06. The van der Waals surface area contributed by atoms with Crippen molar-refractivity contribution in [2.45, 2.75) is 31.7 Å². The summed E-state index contributed by atoms with van der Waals surface area (Å²) in [5, 5.41) is 2.87. The van der Waals surface area contributed by atoms with Gasteiger partial charge in [0.1, 0.15) is 5.82 Å². The van der Waals surface area contributed by atoms with Crippen LogP contribution in [0.2, 0.25) is 0 Å². The molecule has 0 spiro atoms. The summed E-state index contributed by atoms with van der Waals surface area (Å²) in [6, 6.07) is 3.37. The van der Waals surface area contributed by atoms with Crippen LogP contribution in [0.1, 0.15) is 25.7 Å². The van der Waals surface area contributed by atoms with Gasteiger partial charge in [0.15, 0.2) is 0 Å². The lowest BCUT2D eigenvalue weighted by Gasteiger charge is -2.26. The molecule has 1 aromatic heterocycles. The Bertz CT molecular complexity index is 493. The quantitative estimate of drug-likeness (QED) is 0.878. The highest BCUT2D eigenvalue weighted by Crippen LogP contribution is 2.21. The third kappa shape index (κ3) is 3.56. The van der Waals surface area contributed by atoms with Gasteiger partial charge >= 0.3 is 0 Å². The monoisotopic (exact) mass is 304 g/mol. The molecule has 0 saturated carbocycles. The van der Waals surface area contributed by atoms with Crippen molar-refractivity contribution in [1.82, 2.24) is 4.98 Å².